The zero-order valence-corrected chi connectivity index (χ0v) is 17.2. The van der Waals surface area contributed by atoms with Gasteiger partial charge in [-0.1, -0.05) is 29.8 Å². The minimum Gasteiger partial charge on any atom is -0.345 e. The molecule has 3 amide bonds. The van der Waals surface area contributed by atoms with E-state index in [1.54, 1.807) is 25.1 Å². The highest BCUT2D eigenvalue weighted by atomic mass is 79.9. The standard InChI is InChI=1S/C19H26BrN3O3/c1-11-7-12(2)10-23(9-11)19(26)16-8-15(20)5-6-17(16)22-18(25)13(3)21-14(4)24/h5-6,8,11-13H,7,9-10H2,1-4H3,(H,21,24)(H,22,25)/t11-,12+,13?. The van der Waals surface area contributed by atoms with Gasteiger partial charge in [-0.3, -0.25) is 14.4 Å². The SMILES string of the molecule is CC(=O)NC(C)C(=O)Nc1ccc(Br)cc1C(=O)N1C[C@H](C)C[C@H](C)C1. The number of hydrogen-bond donors (Lipinski definition) is 2. The molecule has 1 heterocycles. The lowest BCUT2D eigenvalue weighted by atomic mass is 9.91. The molecule has 1 aromatic carbocycles. The molecular formula is C19H26BrN3O3. The first-order chi connectivity index (χ1) is 12.2. The number of nitrogens with one attached hydrogen (secondary N) is 2. The highest BCUT2D eigenvalue weighted by Gasteiger charge is 2.28. The van der Waals surface area contributed by atoms with Gasteiger partial charge in [0.2, 0.25) is 11.8 Å². The van der Waals surface area contributed by atoms with Crippen molar-refractivity contribution in [2.45, 2.75) is 40.2 Å². The van der Waals surface area contributed by atoms with Gasteiger partial charge in [-0.15, -0.1) is 0 Å². The van der Waals surface area contributed by atoms with Crippen LogP contribution < -0.4 is 10.6 Å². The van der Waals surface area contributed by atoms with Gasteiger partial charge in [0.15, 0.2) is 0 Å². The minimum absolute atomic E-state index is 0.0906. The molecule has 6 nitrogen and oxygen atoms in total. The van der Waals surface area contributed by atoms with Gasteiger partial charge in [-0.25, -0.2) is 0 Å². The van der Waals surface area contributed by atoms with Gasteiger partial charge < -0.3 is 15.5 Å². The lowest BCUT2D eigenvalue weighted by molar-refractivity contribution is -0.124. The smallest absolute Gasteiger partial charge is 0.256 e. The normalized spacial score (nSPS) is 21.0. The van der Waals surface area contributed by atoms with Crippen molar-refractivity contribution in [1.82, 2.24) is 10.2 Å². The van der Waals surface area contributed by atoms with Crippen LogP contribution in [0.2, 0.25) is 0 Å². The first-order valence-corrected chi connectivity index (χ1v) is 9.63. The molecule has 0 aliphatic carbocycles. The summed E-state index contributed by atoms with van der Waals surface area (Å²) in [6, 6.07) is 4.52. The summed E-state index contributed by atoms with van der Waals surface area (Å²) in [5.41, 5.74) is 0.898. The molecule has 3 atom stereocenters. The number of amides is 3. The number of hydrogen-bond acceptors (Lipinski definition) is 3. The van der Waals surface area contributed by atoms with Crippen LogP contribution >= 0.6 is 15.9 Å². The van der Waals surface area contributed by atoms with E-state index in [-0.39, 0.29) is 17.7 Å². The summed E-state index contributed by atoms with van der Waals surface area (Å²) in [6.07, 6.45) is 1.11. The van der Waals surface area contributed by atoms with Crippen LogP contribution in [0, 0.1) is 11.8 Å². The molecule has 1 saturated heterocycles. The molecule has 1 unspecified atom stereocenters. The molecule has 0 aromatic heterocycles. The number of likely N-dealkylation sites (tertiary alicyclic amines) is 1. The second-order valence-corrected chi connectivity index (χ2v) is 8.17. The van der Waals surface area contributed by atoms with E-state index in [1.807, 2.05) is 4.90 Å². The van der Waals surface area contributed by atoms with Gasteiger partial charge in [0.25, 0.3) is 5.91 Å². The Hall–Kier alpha value is -1.89. The van der Waals surface area contributed by atoms with Crippen LogP contribution in [0.4, 0.5) is 5.69 Å². The van der Waals surface area contributed by atoms with Crippen molar-refractivity contribution in [1.29, 1.82) is 0 Å². The average molecular weight is 424 g/mol. The Kier molecular flexibility index (Phi) is 6.81. The molecule has 0 bridgehead atoms. The van der Waals surface area contributed by atoms with E-state index in [4.69, 9.17) is 0 Å². The molecule has 7 heteroatoms. The number of nitrogens with zero attached hydrogens (tertiary/aromatic N) is 1. The topological polar surface area (TPSA) is 78.5 Å². The fourth-order valence-corrected chi connectivity index (χ4v) is 3.77. The van der Waals surface area contributed by atoms with Crippen molar-refractivity contribution in [3.8, 4) is 0 Å². The van der Waals surface area contributed by atoms with Gasteiger partial charge in [0.1, 0.15) is 6.04 Å². The molecule has 1 aromatic rings. The summed E-state index contributed by atoms with van der Waals surface area (Å²) in [4.78, 5) is 38.4. The van der Waals surface area contributed by atoms with Crippen molar-refractivity contribution < 1.29 is 14.4 Å². The lowest BCUT2D eigenvalue weighted by Crippen LogP contribution is -2.43. The Balaban J connectivity index is 2.23. The Morgan fingerprint density at radius 1 is 1.19 bits per heavy atom. The van der Waals surface area contributed by atoms with E-state index in [9.17, 15) is 14.4 Å². The molecule has 1 aliphatic heterocycles. The molecule has 0 radical (unpaired) electrons. The number of carbonyl (C=O) groups excluding carboxylic acids is 3. The molecular weight excluding hydrogens is 398 g/mol. The van der Waals surface area contributed by atoms with Crippen LogP contribution in [0.15, 0.2) is 22.7 Å². The molecule has 26 heavy (non-hydrogen) atoms. The largest absolute Gasteiger partial charge is 0.345 e. The van der Waals surface area contributed by atoms with Gasteiger partial charge >= 0.3 is 0 Å². The highest BCUT2D eigenvalue weighted by molar-refractivity contribution is 9.10. The van der Waals surface area contributed by atoms with E-state index in [0.717, 1.165) is 10.9 Å². The molecule has 2 rings (SSSR count). The minimum atomic E-state index is -0.686. The van der Waals surface area contributed by atoms with Crippen LogP contribution in [0.3, 0.4) is 0 Å². The molecule has 2 N–H and O–H groups in total. The molecule has 0 saturated carbocycles. The fourth-order valence-electron chi connectivity index (χ4n) is 3.41. The van der Waals surface area contributed by atoms with Crippen LogP contribution in [0.25, 0.3) is 0 Å². The first-order valence-electron chi connectivity index (χ1n) is 8.84. The lowest BCUT2D eigenvalue weighted by Gasteiger charge is -2.35. The highest BCUT2D eigenvalue weighted by Crippen LogP contribution is 2.27. The average Bonchev–Trinajstić information content (AvgIpc) is 2.54. The van der Waals surface area contributed by atoms with Crippen molar-refractivity contribution in [2.24, 2.45) is 11.8 Å². The maximum Gasteiger partial charge on any atom is 0.256 e. The number of carbonyl (C=O) groups is 3. The number of anilines is 1. The molecule has 0 spiro atoms. The van der Waals surface area contributed by atoms with Gasteiger partial charge in [-0.05, 0) is 43.4 Å². The quantitative estimate of drug-likeness (QED) is 0.780. The van der Waals surface area contributed by atoms with Gasteiger partial charge in [-0.2, -0.15) is 0 Å². The van der Waals surface area contributed by atoms with Crippen molar-refractivity contribution in [2.75, 3.05) is 18.4 Å². The van der Waals surface area contributed by atoms with Crippen molar-refractivity contribution in [3.63, 3.8) is 0 Å². The third kappa shape index (κ3) is 5.30. The maximum absolute atomic E-state index is 13.1. The van der Waals surface area contributed by atoms with E-state index < -0.39 is 6.04 Å². The Labute approximate surface area is 162 Å². The Morgan fingerprint density at radius 3 is 2.38 bits per heavy atom. The summed E-state index contributed by atoms with van der Waals surface area (Å²) in [5.74, 6) is 0.167. The second-order valence-electron chi connectivity index (χ2n) is 7.26. The summed E-state index contributed by atoms with van der Waals surface area (Å²) in [5, 5.41) is 5.31. The predicted molar refractivity (Wildman–Crippen MR) is 105 cm³/mol. The summed E-state index contributed by atoms with van der Waals surface area (Å²) in [6.45, 7) is 8.68. The zero-order valence-electron chi connectivity index (χ0n) is 15.6. The van der Waals surface area contributed by atoms with Crippen molar-refractivity contribution >= 4 is 39.3 Å². The monoisotopic (exact) mass is 423 g/mol. The van der Waals surface area contributed by atoms with Gasteiger partial charge in [0, 0.05) is 24.5 Å². The maximum atomic E-state index is 13.1. The number of piperidine rings is 1. The van der Waals surface area contributed by atoms with Gasteiger partial charge in [0.05, 0.1) is 11.3 Å². The Bertz CT molecular complexity index is 697. The van der Waals surface area contributed by atoms with E-state index in [2.05, 4.69) is 40.4 Å². The van der Waals surface area contributed by atoms with E-state index >= 15 is 0 Å². The second kappa shape index (κ2) is 8.66. The summed E-state index contributed by atoms with van der Waals surface area (Å²) in [7, 11) is 0. The third-order valence-electron chi connectivity index (χ3n) is 4.44. The van der Waals surface area contributed by atoms with Crippen LogP contribution in [-0.2, 0) is 9.59 Å². The van der Waals surface area contributed by atoms with Crippen LogP contribution in [0.5, 0.6) is 0 Å². The first kappa shape index (κ1) is 20.4. The number of halogens is 1. The third-order valence-corrected chi connectivity index (χ3v) is 4.93. The molecule has 142 valence electrons. The zero-order chi connectivity index (χ0) is 19.4. The predicted octanol–water partition coefficient (Wildman–Crippen LogP) is 3.03. The van der Waals surface area contributed by atoms with Crippen molar-refractivity contribution in [3.05, 3.63) is 28.2 Å². The molecule has 1 fully saturated rings. The molecule has 1 aliphatic rings. The van der Waals surface area contributed by atoms with E-state index in [0.29, 0.717) is 36.2 Å². The summed E-state index contributed by atoms with van der Waals surface area (Å²) >= 11 is 3.40. The summed E-state index contributed by atoms with van der Waals surface area (Å²) < 4.78 is 0.770. The number of benzene rings is 1. The van der Waals surface area contributed by atoms with E-state index in [1.165, 1.54) is 6.92 Å². The fraction of sp³-hybridized carbons (Fsp3) is 0.526. The Morgan fingerprint density at radius 2 is 1.81 bits per heavy atom. The van der Waals surface area contributed by atoms with Crippen LogP contribution in [-0.4, -0.2) is 41.8 Å². The number of rotatable bonds is 4. The van der Waals surface area contributed by atoms with Crippen LogP contribution in [0.1, 0.15) is 44.5 Å².